The van der Waals surface area contributed by atoms with Crippen molar-refractivity contribution < 1.29 is 18.3 Å². The topological polar surface area (TPSA) is 56.2 Å². The smallest absolute Gasteiger partial charge is 0.387 e. The van der Waals surface area contributed by atoms with E-state index in [2.05, 4.69) is 15.2 Å². The summed E-state index contributed by atoms with van der Waals surface area (Å²) in [5.74, 6) is -0.515. The zero-order chi connectivity index (χ0) is 19.6. The van der Waals surface area contributed by atoms with Gasteiger partial charge in [0, 0.05) is 0 Å². The summed E-state index contributed by atoms with van der Waals surface area (Å²) in [7, 11) is 0. The van der Waals surface area contributed by atoms with Crippen LogP contribution in [0, 0.1) is 20.8 Å². The summed E-state index contributed by atoms with van der Waals surface area (Å²) in [4.78, 5) is 12.8. The Morgan fingerprint density at radius 3 is 2.48 bits per heavy atom. The molecule has 140 valence electrons. The van der Waals surface area contributed by atoms with Crippen LogP contribution in [0.3, 0.4) is 0 Å². The van der Waals surface area contributed by atoms with Crippen LogP contribution in [0.2, 0.25) is 0 Å². The monoisotopic (exact) mass is 371 g/mol. The number of amides is 1. The predicted molar refractivity (Wildman–Crippen MR) is 98.8 cm³/mol. The molecule has 2 aromatic carbocycles. The van der Waals surface area contributed by atoms with Gasteiger partial charge in [-0.25, -0.2) is 4.68 Å². The standard InChI is InChI=1S/C20H19F2N3O2/c1-12-9-10-16(17(11-12)27-20(21)22)23-19(26)18-13(2)24-25(14(18)3)15-7-5-4-6-8-15/h4-11,20H,1-3H3,(H,23,26). The third kappa shape index (κ3) is 3.97. The van der Waals surface area contributed by atoms with Crippen molar-refractivity contribution in [2.75, 3.05) is 5.32 Å². The van der Waals surface area contributed by atoms with Gasteiger partial charge >= 0.3 is 6.61 Å². The average molecular weight is 371 g/mol. The van der Waals surface area contributed by atoms with E-state index in [0.717, 1.165) is 11.3 Å². The number of nitrogens with one attached hydrogen (secondary N) is 1. The Kier molecular flexibility index (Phi) is 5.21. The number of nitrogens with zero attached hydrogens (tertiary/aromatic N) is 2. The highest BCUT2D eigenvalue weighted by molar-refractivity contribution is 6.06. The molecular formula is C20H19F2N3O2. The Balaban J connectivity index is 1.93. The molecule has 1 heterocycles. The van der Waals surface area contributed by atoms with Gasteiger partial charge in [-0.05, 0) is 50.6 Å². The Labute approximate surface area is 155 Å². The molecule has 0 spiro atoms. The average Bonchev–Trinajstić information content (AvgIpc) is 2.92. The van der Waals surface area contributed by atoms with Crippen molar-refractivity contribution in [2.24, 2.45) is 0 Å². The van der Waals surface area contributed by atoms with Gasteiger partial charge in [0.05, 0.1) is 28.3 Å². The number of carbonyl (C=O) groups is 1. The van der Waals surface area contributed by atoms with Gasteiger partial charge in [-0.2, -0.15) is 13.9 Å². The number of para-hydroxylation sites is 1. The zero-order valence-electron chi connectivity index (χ0n) is 15.2. The third-order valence-electron chi connectivity index (χ3n) is 4.12. The van der Waals surface area contributed by atoms with E-state index in [9.17, 15) is 13.6 Å². The van der Waals surface area contributed by atoms with Crippen LogP contribution in [0.15, 0.2) is 48.5 Å². The minimum Gasteiger partial charge on any atom is -0.433 e. The molecule has 1 N–H and O–H groups in total. The van der Waals surface area contributed by atoms with Gasteiger partial charge in [0.25, 0.3) is 5.91 Å². The van der Waals surface area contributed by atoms with E-state index < -0.39 is 12.5 Å². The first kappa shape index (κ1) is 18.6. The molecule has 7 heteroatoms. The van der Waals surface area contributed by atoms with Gasteiger partial charge in [0.15, 0.2) is 0 Å². The lowest BCUT2D eigenvalue weighted by atomic mass is 10.1. The normalized spacial score (nSPS) is 10.9. The van der Waals surface area contributed by atoms with Crippen molar-refractivity contribution >= 4 is 11.6 Å². The van der Waals surface area contributed by atoms with Crippen LogP contribution in [0.1, 0.15) is 27.3 Å². The Morgan fingerprint density at radius 1 is 1.11 bits per heavy atom. The Morgan fingerprint density at radius 2 is 1.81 bits per heavy atom. The van der Waals surface area contributed by atoms with Gasteiger partial charge in [0.2, 0.25) is 0 Å². The van der Waals surface area contributed by atoms with Gasteiger partial charge in [0.1, 0.15) is 5.75 Å². The lowest BCUT2D eigenvalue weighted by molar-refractivity contribution is -0.0494. The molecule has 3 aromatic rings. The number of halogens is 2. The van der Waals surface area contributed by atoms with E-state index in [0.29, 0.717) is 17.0 Å². The number of alkyl halides is 2. The SMILES string of the molecule is Cc1ccc(NC(=O)c2c(C)nn(-c3ccccc3)c2C)c(OC(F)F)c1. The zero-order valence-corrected chi connectivity index (χ0v) is 15.2. The van der Waals surface area contributed by atoms with Crippen LogP contribution in [-0.4, -0.2) is 22.3 Å². The highest BCUT2D eigenvalue weighted by atomic mass is 19.3. The number of hydrogen-bond donors (Lipinski definition) is 1. The second-order valence-corrected chi connectivity index (χ2v) is 6.13. The van der Waals surface area contributed by atoms with E-state index in [4.69, 9.17) is 0 Å². The fraction of sp³-hybridized carbons (Fsp3) is 0.200. The summed E-state index contributed by atoms with van der Waals surface area (Å²) in [6.07, 6.45) is 0. The maximum atomic E-state index is 12.8. The van der Waals surface area contributed by atoms with Crippen LogP contribution in [0.4, 0.5) is 14.5 Å². The van der Waals surface area contributed by atoms with Crippen molar-refractivity contribution in [2.45, 2.75) is 27.4 Å². The summed E-state index contributed by atoms with van der Waals surface area (Å²) >= 11 is 0. The molecule has 0 radical (unpaired) electrons. The third-order valence-corrected chi connectivity index (χ3v) is 4.12. The maximum absolute atomic E-state index is 12.8. The number of rotatable bonds is 5. The molecule has 0 fully saturated rings. The molecule has 5 nitrogen and oxygen atoms in total. The van der Waals surface area contributed by atoms with Crippen molar-refractivity contribution in [3.63, 3.8) is 0 Å². The van der Waals surface area contributed by atoms with E-state index in [1.807, 2.05) is 30.3 Å². The van der Waals surface area contributed by atoms with Crippen molar-refractivity contribution in [3.8, 4) is 11.4 Å². The first-order valence-electron chi connectivity index (χ1n) is 8.35. The van der Waals surface area contributed by atoms with E-state index in [1.54, 1.807) is 31.5 Å². The number of carbonyl (C=O) groups excluding carboxylic acids is 1. The van der Waals surface area contributed by atoms with Gasteiger partial charge in [-0.15, -0.1) is 0 Å². The number of hydrogen-bond acceptors (Lipinski definition) is 3. The quantitative estimate of drug-likeness (QED) is 0.710. The molecule has 0 bridgehead atoms. The molecule has 0 aliphatic heterocycles. The maximum Gasteiger partial charge on any atom is 0.387 e. The number of aryl methyl sites for hydroxylation is 2. The largest absolute Gasteiger partial charge is 0.433 e. The summed E-state index contributed by atoms with van der Waals surface area (Å²) in [6.45, 7) is 2.29. The second kappa shape index (κ2) is 7.57. The van der Waals surface area contributed by atoms with E-state index in [1.165, 1.54) is 12.1 Å². The van der Waals surface area contributed by atoms with E-state index >= 15 is 0 Å². The number of ether oxygens (including phenoxy) is 1. The van der Waals surface area contributed by atoms with Crippen LogP contribution in [0.5, 0.6) is 5.75 Å². The van der Waals surface area contributed by atoms with Gasteiger partial charge in [-0.3, -0.25) is 4.79 Å². The highest BCUT2D eigenvalue weighted by Crippen LogP contribution is 2.28. The number of benzene rings is 2. The Hall–Kier alpha value is -3.22. The molecule has 1 amide bonds. The second-order valence-electron chi connectivity index (χ2n) is 6.13. The molecule has 27 heavy (non-hydrogen) atoms. The van der Waals surface area contributed by atoms with Crippen molar-refractivity contribution in [1.29, 1.82) is 0 Å². The van der Waals surface area contributed by atoms with Crippen molar-refractivity contribution in [1.82, 2.24) is 9.78 Å². The fourth-order valence-electron chi connectivity index (χ4n) is 2.90. The molecule has 0 atom stereocenters. The highest BCUT2D eigenvalue weighted by Gasteiger charge is 2.21. The van der Waals surface area contributed by atoms with Crippen LogP contribution in [0.25, 0.3) is 5.69 Å². The molecule has 0 saturated heterocycles. The first-order chi connectivity index (χ1) is 12.9. The molecular weight excluding hydrogens is 352 g/mol. The van der Waals surface area contributed by atoms with E-state index in [-0.39, 0.29) is 11.4 Å². The molecule has 1 aromatic heterocycles. The van der Waals surface area contributed by atoms with Crippen LogP contribution < -0.4 is 10.1 Å². The summed E-state index contributed by atoms with van der Waals surface area (Å²) in [6, 6.07) is 14.1. The molecule has 3 rings (SSSR count). The fourth-order valence-corrected chi connectivity index (χ4v) is 2.90. The van der Waals surface area contributed by atoms with Gasteiger partial charge in [-0.1, -0.05) is 24.3 Å². The number of anilines is 1. The molecule has 0 saturated carbocycles. The summed E-state index contributed by atoms with van der Waals surface area (Å²) < 4.78 is 31.5. The summed E-state index contributed by atoms with van der Waals surface area (Å²) in [5.41, 5.74) is 3.33. The van der Waals surface area contributed by atoms with Gasteiger partial charge < -0.3 is 10.1 Å². The Bertz CT molecular complexity index is 969. The molecule has 0 aliphatic carbocycles. The molecule has 0 unspecified atom stereocenters. The minimum absolute atomic E-state index is 0.0795. The van der Waals surface area contributed by atoms with Crippen LogP contribution in [-0.2, 0) is 0 Å². The van der Waals surface area contributed by atoms with Crippen LogP contribution >= 0.6 is 0 Å². The first-order valence-corrected chi connectivity index (χ1v) is 8.35. The number of aromatic nitrogens is 2. The lowest BCUT2D eigenvalue weighted by Crippen LogP contribution is -2.16. The molecule has 0 aliphatic rings. The predicted octanol–water partition coefficient (Wildman–Crippen LogP) is 4.65. The lowest BCUT2D eigenvalue weighted by Gasteiger charge is -2.13. The van der Waals surface area contributed by atoms with Crippen molar-refractivity contribution in [3.05, 3.63) is 71.0 Å². The summed E-state index contributed by atoms with van der Waals surface area (Å²) in [5, 5.41) is 7.09. The minimum atomic E-state index is -2.98.